The number of hydrogen-bond acceptors (Lipinski definition) is 3. The van der Waals surface area contributed by atoms with Crippen molar-refractivity contribution in [3.8, 4) is 0 Å². The molecule has 0 rings (SSSR count). The molecule has 0 radical (unpaired) electrons. The number of carbonyl (C=O) groups is 2. The van der Waals surface area contributed by atoms with E-state index in [-0.39, 0.29) is 24.2 Å². The molecule has 44 heavy (non-hydrogen) atoms. The molecule has 0 aromatic carbocycles. The number of hydrogen-bond donors (Lipinski definition) is 3. The SMILES string of the molecule is CCCCCCCC/C=C\CCCCCCCC(=O)N[C@@H](CNC(=O)CCl)[C@H](O)/C=C/CCCCCCCCCCCCC. The number of halogens is 1. The van der Waals surface area contributed by atoms with Crippen LogP contribution in [-0.4, -0.2) is 41.5 Å². The molecule has 0 aromatic rings. The van der Waals surface area contributed by atoms with Gasteiger partial charge in [-0.05, 0) is 44.9 Å². The Morgan fingerprint density at radius 3 is 1.45 bits per heavy atom. The van der Waals surface area contributed by atoms with Gasteiger partial charge in [-0.25, -0.2) is 0 Å². The standard InChI is InChI=1S/C38H71ClN2O3/c1-3-5-7-9-11-13-15-17-18-20-22-24-26-28-30-32-37(43)41-35(34-40-38(44)33-39)36(42)31-29-27-25-23-21-19-16-14-12-10-8-6-4-2/h17-18,29,31,35-36,42H,3-16,19-28,30,32-34H2,1-2H3,(H,40,44)(H,41,43)/b18-17-,31-29+/t35-,36+/m0/s1. The third kappa shape index (κ3) is 30.7. The zero-order chi connectivity index (χ0) is 32.4. The Hall–Kier alpha value is -1.33. The number of alkyl halides is 1. The topological polar surface area (TPSA) is 78.4 Å². The van der Waals surface area contributed by atoms with Crippen molar-refractivity contribution < 1.29 is 14.7 Å². The van der Waals surface area contributed by atoms with Crippen LogP contribution in [0, 0.1) is 0 Å². The largest absolute Gasteiger partial charge is 0.387 e. The summed E-state index contributed by atoms with van der Waals surface area (Å²) in [6, 6.07) is -0.564. The molecule has 0 fully saturated rings. The summed E-state index contributed by atoms with van der Waals surface area (Å²) in [4.78, 5) is 24.3. The molecule has 0 bridgehead atoms. The number of amides is 2. The lowest BCUT2D eigenvalue weighted by atomic mass is 10.0. The Morgan fingerprint density at radius 2 is 1.00 bits per heavy atom. The molecule has 2 amide bonds. The lowest BCUT2D eigenvalue weighted by molar-refractivity contribution is -0.123. The van der Waals surface area contributed by atoms with Crippen molar-refractivity contribution in [1.29, 1.82) is 0 Å². The molecular formula is C38H71ClN2O3. The van der Waals surface area contributed by atoms with E-state index in [1.54, 1.807) is 6.08 Å². The maximum absolute atomic E-state index is 12.6. The van der Waals surface area contributed by atoms with Gasteiger partial charge in [-0.3, -0.25) is 9.59 Å². The summed E-state index contributed by atoms with van der Waals surface area (Å²) in [5.41, 5.74) is 0. The van der Waals surface area contributed by atoms with Gasteiger partial charge in [0.1, 0.15) is 5.88 Å². The Balaban J connectivity index is 4.06. The molecule has 2 atom stereocenters. The summed E-state index contributed by atoms with van der Waals surface area (Å²) in [5, 5.41) is 16.4. The third-order valence-electron chi connectivity index (χ3n) is 8.37. The van der Waals surface area contributed by atoms with Gasteiger partial charge in [0.25, 0.3) is 0 Å². The minimum atomic E-state index is -0.851. The average molecular weight is 639 g/mol. The van der Waals surface area contributed by atoms with Crippen molar-refractivity contribution in [3.05, 3.63) is 24.3 Å². The van der Waals surface area contributed by atoms with E-state index in [1.165, 1.54) is 122 Å². The first kappa shape index (κ1) is 42.7. The third-order valence-corrected chi connectivity index (χ3v) is 8.62. The van der Waals surface area contributed by atoms with Gasteiger partial charge < -0.3 is 15.7 Å². The molecule has 0 saturated heterocycles. The van der Waals surface area contributed by atoms with Crippen LogP contribution < -0.4 is 10.6 Å². The molecule has 0 aliphatic carbocycles. The second kappa shape index (κ2) is 34.5. The van der Waals surface area contributed by atoms with Crippen LogP contribution in [0.25, 0.3) is 0 Å². The molecule has 3 N–H and O–H groups in total. The fraction of sp³-hybridized carbons (Fsp3) is 0.842. The van der Waals surface area contributed by atoms with Gasteiger partial charge in [-0.1, -0.05) is 154 Å². The fourth-order valence-electron chi connectivity index (χ4n) is 5.46. The van der Waals surface area contributed by atoms with Crippen molar-refractivity contribution >= 4 is 23.4 Å². The molecule has 258 valence electrons. The summed E-state index contributed by atoms with van der Waals surface area (Å²) in [5.74, 6) is -0.522. The maximum atomic E-state index is 12.6. The van der Waals surface area contributed by atoms with Crippen molar-refractivity contribution in [1.82, 2.24) is 10.6 Å². The van der Waals surface area contributed by atoms with Crippen LogP contribution in [0.4, 0.5) is 0 Å². The second-order valence-corrected chi connectivity index (χ2v) is 13.0. The van der Waals surface area contributed by atoms with Gasteiger partial charge in [0, 0.05) is 13.0 Å². The van der Waals surface area contributed by atoms with Crippen LogP contribution in [0.5, 0.6) is 0 Å². The molecule has 0 aliphatic rings. The molecule has 0 aromatic heterocycles. The van der Waals surface area contributed by atoms with E-state index in [0.29, 0.717) is 6.42 Å². The first-order chi connectivity index (χ1) is 21.5. The van der Waals surface area contributed by atoms with Crippen molar-refractivity contribution in [2.24, 2.45) is 0 Å². The van der Waals surface area contributed by atoms with Crippen LogP contribution in [0.2, 0.25) is 0 Å². The minimum Gasteiger partial charge on any atom is -0.387 e. The Bertz CT molecular complexity index is 698. The van der Waals surface area contributed by atoms with E-state index in [9.17, 15) is 14.7 Å². The lowest BCUT2D eigenvalue weighted by Gasteiger charge is -2.22. The highest BCUT2D eigenvalue weighted by Crippen LogP contribution is 2.13. The molecule has 0 heterocycles. The van der Waals surface area contributed by atoms with Crippen molar-refractivity contribution in [3.63, 3.8) is 0 Å². The number of aliphatic hydroxyl groups is 1. The number of carbonyl (C=O) groups excluding carboxylic acids is 2. The first-order valence-electron chi connectivity index (χ1n) is 18.7. The summed E-state index contributed by atoms with van der Waals surface area (Å²) in [7, 11) is 0. The molecule has 0 aliphatic heterocycles. The quantitative estimate of drug-likeness (QED) is 0.0380. The van der Waals surface area contributed by atoms with Gasteiger partial charge in [0.05, 0.1) is 12.1 Å². The number of aliphatic hydroxyl groups excluding tert-OH is 1. The highest BCUT2D eigenvalue weighted by Gasteiger charge is 2.19. The van der Waals surface area contributed by atoms with Gasteiger partial charge in [-0.2, -0.15) is 0 Å². The highest BCUT2D eigenvalue weighted by atomic mass is 35.5. The van der Waals surface area contributed by atoms with E-state index >= 15 is 0 Å². The highest BCUT2D eigenvalue weighted by molar-refractivity contribution is 6.27. The van der Waals surface area contributed by atoms with Crippen LogP contribution in [0.15, 0.2) is 24.3 Å². The zero-order valence-electron chi connectivity index (χ0n) is 28.9. The van der Waals surface area contributed by atoms with Crippen LogP contribution >= 0.6 is 11.6 Å². The molecule has 0 spiro atoms. The predicted octanol–water partition coefficient (Wildman–Crippen LogP) is 10.5. The number of allylic oxidation sites excluding steroid dienone is 3. The van der Waals surface area contributed by atoms with Crippen LogP contribution in [0.3, 0.4) is 0 Å². The van der Waals surface area contributed by atoms with E-state index in [2.05, 4.69) is 36.6 Å². The van der Waals surface area contributed by atoms with E-state index < -0.39 is 12.1 Å². The summed E-state index contributed by atoms with van der Waals surface area (Å²) in [6.45, 7) is 4.68. The monoisotopic (exact) mass is 639 g/mol. The average Bonchev–Trinajstić information content (AvgIpc) is 3.02. The summed E-state index contributed by atoms with van der Waals surface area (Å²) in [6.07, 6.45) is 39.2. The van der Waals surface area contributed by atoms with Crippen molar-refractivity contribution in [2.45, 2.75) is 193 Å². The van der Waals surface area contributed by atoms with Gasteiger partial charge >= 0.3 is 0 Å². The number of rotatable bonds is 33. The van der Waals surface area contributed by atoms with Crippen LogP contribution in [-0.2, 0) is 9.59 Å². The van der Waals surface area contributed by atoms with E-state index in [4.69, 9.17) is 11.6 Å². The Kier molecular flexibility index (Phi) is 33.5. The molecule has 5 nitrogen and oxygen atoms in total. The molecule has 0 saturated carbocycles. The van der Waals surface area contributed by atoms with E-state index in [0.717, 1.165) is 38.5 Å². The number of nitrogens with one attached hydrogen (secondary N) is 2. The zero-order valence-corrected chi connectivity index (χ0v) is 29.7. The molecule has 0 unspecified atom stereocenters. The molecular weight excluding hydrogens is 568 g/mol. The minimum absolute atomic E-state index is 0.0782. The smallest absolute Gasteiger partial charge is 0.234 e. The Labute approximate surface area is 277 Å². The van der Waals surface area contributed by atoms with Gasteiger partial charge in [0.15, 0.2) is 0 Å². The maximum Gasteiger partial charge on any atom is 0.234 e. The van der Waals surface area contributed by atoms with Crippen molar-refractivity contribution in [2.75, 3.05) is 12.4 Å². The second-order valence-electron chi connectivity index (χ2n) is 12.7. The summed E-state index contributed by atoms with van der Waals surface area (Å²) >= 11 is 5.62. The number of unbranched alkanes of at least 4 members (excludes halogenated alkanes) is 22. The lowest BCUT2D eigenvalue weighted by Crippen LogP contribution is -2.50. The van der Waals surface area contributed by atoms with Crippen LogP contribution in [0.1, 0.15) is 181 Å². The van der Waals surface area contributed by atoms with Gasteiger partial charge in [0.2, 0.25) is 11.8 Å². The van der Waals surface area contributed by atoms with E-state index in [1.807, 2.05) is 6.08 Å². The molecule has 6 heteroatoms. The fourth-order valence-corrected chi connectivity index (χ4v) is 5.55. The normalized spacial score (nSPS) is 13.1. The summed E-state index contributed by atoms with van der Waals surface area (Å²) < 4.78 is 0. The van der Waals surface area contributed by atoms with Gasteiger partial charge in [-0.15, -0.1) is 11.6 Å². The predicted molar refractivity (Wildman–Crippen MR) is 191 cm³/mol. The Morgan fingerprint density at radius 1 is 0.591 bits per heavy atom. The first-order valence-corrected chi connectivity index (χ1v) is 19.2.